The predicted molar refractivity (Wildman–Crippen MR) is 80.7 cm³/mol. The Labute approximate surface area is 133 Å². The zero-order valence-electron chi connectivity index (χ0n) is 13.0. The molecule has 0 radical (unpaired) electrons. The van der Waals surface area contributed by atoms with E-state index in [0.717, 1.165) is 11.8 Å². The van der Waals surface area contributed by atoms with Gasteiger partial charge in [-0.1, -0.05) is 6.07 Å². The molecule has 0 saturated carbocycles. The van der Waals surface area contributed by atoms with Crippen LogP contribution >= 0.6 is 0 Å². The quantitative estimate of drug-likeness (QED) is 0.859. The van der Waals surface area contributed by atoms with Crippen molar-refractivity contribution in [1.82, 2.24) is 5.32 Å². The first kappa shape index (κ1) is 17.1. The number of nitrogens with one attached hydrogen (secondary N) is 1. The van der Waals surface area contributed by atoms with E-state index in [0.29, 0.717) is 18.2 Å². The molecule has 1 heterocycles. The normalized spacial score (nSPS) is 13.6. The number of hydrogen-bond acceptors (Lipinski definition) is 3. The molecule has 0 saturated heterocycles. The maximum atomic E-state index is 13.7. The average molecular weight is 323 g/mol. The van der Waals surface area contributed by atoms with Crippen LogP contribution in [0.5, 0.6) is 0 Å². The number of hydrogen-bond donors (Lipinski definition) is 2. The van der Waals surface area contributed by atoms with Crippen molar-refractivity contribution in [1.29, 1.82) is 0 Å². The summed E-state index contributed by atoms with van der Waals surface area (Å²) < 4.78 is 32.0. The summed E-state index contributed by atoms with van der Waals surface area (Å²) >= 11 is 0. The molecule has 6 heteroatoms. The lowest BCUT2D eigenvalue weighted by molar-refractivity contribution is -0.122. The summed E-state index contributed by atoms with van der Waals surface area (Å²) in [4.78, 5) is 11.8. The number of rotatable bonds is 6. The summed E-state index contributed by atoms with van der Waals surface area (Å²) in [7, 11) is 0. The molecular weight excluding hydrogens is 304 g/mol. The number of amides is 1. The van der Waals surface area contributed by atoms with Crippen molar-refractivity contribution in [3.8, 4) is 0 Å². The van der Waals surface area contributed by atoms with Crippen LogP contribution in [0.3, 0.4) is 0 Å². The first-order chi connectivity index (χ1) is 10.8. The molecule has 1 amide bonds. The Morgan fingerprint density at radius 3 is 2.65 bits per heavy atom. The summed E-state index contributed by atoms with van der Waals surface area (Å²) in [6.07, 6.45) is 0.627. The maximum Gasteiger partial charge on any atom is 0.220 e. The molecule has 1 atom stereocenters. The Balaban J connectivity index is 1.89. The maximum absolute atomic E-state index is 13.7. The summed E-state index contributed by atoms with van der Waals surface area (Å²) in [5, 5.41) is 12.8. The highest BCUT2D eigenvalue weighted by atomic mass is 19.1. The smallest absolute Gasteiger partial charge is 0.220 e. The molecule has 2 N–H and O–H groups in total. The van der Waals surface area contributed by atoms with Gasteiger partial charge in [0, 0.05) is 24.5 Å². The molecule has 23 heavy (non-hydrogen) atoms. The molecule has 0 fully saturated rings. The molecule has 2 aromatic rings. The lowest BCUT2D eigenvalue weighted by Crippen LogP contribution is -2.39. The van der Waals surface area contributed by atoms with Crippen LogP contribution in [0.1, 0.15) is 30.4 Å². The molecule has 0 aliphatic carbocycles. The number of carbonyl (C=O) groups is 1. The van der Waals surface area contributed by atoms with Gasteiger partial charge in [0.25, 0.3) is 0 Å². The van der Waals surface area contributed by atoms with Crippen LogP contribution in [-0.2, 0) is 16.8 Å². The van der Waals surface area contributed by atoms with Crippen molar-refractivity contribution in [2.24, 2.45) is 0 Å². The van der Waals surface area contributed by atoms with Crippen LogP contribution in [0.4, 0.5) is 8.78 Å². The molecule has 124 valence electrons. The molecule has 0 aliphatic heterocycles. The molecule has 1 unspecified atom stereocenters. The second kappa shape index (κ2) is 6.91. The van der Waals surface area contributed by atoms with Gasteiger partial charge in [0.05, 0.1) is 6.54 Å². The van der Waals surface area contributed by atoms with E-state index >= 15 is 0 Å². The van der Waals surface area contributed by atoms with Crippen LogP contribution in [0.25, 0.3) is 0 Å². The zero-order valence-corrected chi connectivity index (χ0v) is 13.0. The molecule has 2 rings (SSSR count). The van der Waals surface area contributed by atoms with Crippen molar-refractivity contribution >= 4 is 5.91 Å². The highest BCUT2D eigenvalue weighted by Gasteiger charge is 2.27. The number of aliphatic hydroxyl groups is 1. The van der Waals surface area contributed by atoms with E-state index in [1.165, 1.54) is 13.0 Å². The fourth-order valence-corrected chi connectivity index (χ4v) is 2.24. The lowest BCUT2D eigenvalue weighted by Gasteiger charge is -2.24. The minimum absolute atomic E-state index is 0.0686. The fraction of sp³-hybridized carbons (Fsp3) is 0.353. The molecule has 1 aromatic heterocycles. The second-order valence-electron chi connectivity index (χ2n) is 5.69. The molecular formula is C17H19F2NO3. The lowest BCUT2D eigenvalue weighted by atomic mass is 9.95. The van der Waals surface area contributed by atoms with Gasteiger partial charge >= 0.3 is 0 Å². The second-order valence-corrected chi connectivity index (χ2v) is 5.69. The molecule has 0 bridgehead atoms. The highest BCUT2D eigenvalue weighted by molar-refractivity contribution is 5.76. The third-order valence-electron chi connectivity index (χ3n) is 3.54. The van der Waals surface area contributed by atoms with Gasteiger partial charge in [-0.05, 0) is 32.0 Å². The van der Waals surface area contributed by atoms with Gasteiger partial charge in [-0.2, -0.15) is 0 Å². The van der Waals surface area contributed by atoms with Crippen LogP contribution in [0.2, 0.25) is 0 Å². The standard InChI is InChI=1S/C17H19F2NO3/c1-11-3-5-13(23-11)6-8-16(21)20-10-17(2,22)14-7-4-12(18)9-15(14)19/h3-5,7,9,22H,6,8,10H2,1-2H3,(H,20,21). The predicted octanol–water partition coefficient (Wildman–Crippen LogP) is 2.82. The van der Waals surface area contributed by atoms with E-state index in [9.17, 15) is 18.7 Å². The first-order valence-corrected chi connectivity index (χ1v) is 7.28. The third kappa shape index (κ3) is 4.63. The summed E-state index contributed by atoms with van der Waals surface area (Å²) in [5.74, 6) is -0.388. The fourth-order valence-electron chi connectivity index (χ4n) is 2.24. The first-order valence-electron chi connectivity index (χ1n) is 7.28. The number of halogens is 2. The van der Waals surface area contributed by atoms with Crippen LogP contribution in [0, 0.1) is 18.6 Å². The Bertz CT molecular complexity index is 695. The Kier molecular flexibility index (Phi) is 5.15. The SMILES string of the molecule is Cc1ccc(CCC(=O)NCC(C)(O)c2ccc(F)cc2F)o1. The Morgan fingerprint density at radius 1 is 1.30 bits per heavy atom. The van der Waals surface area contributed by atoms with Gasteiger partial charge in [0.1, 0.15) is 28.8 Å². The summed E-state index contributed by atoms with van der Waals surface area (Å²) in [5.41, 5.74) is -1.70. The van der Waals surface area contributed by atoms with Crippen LogP contribution < -0.4 is 5.32 Å². The van der Waals surface area contributed by atoms with E-state index < -0.39 is 17.2 Å². The minimum atomic E-state index is -1.63. The van der Waals surface area contributed by atoms with Gasteiger partial charge < -0.3 is 14.8 Å². The van der Waals surface area contributed by atoms with E-state index in [1.807, 2.05) is 13.0 Å². The highest BCUT2D eigenvalue weighted by Crippen LogP contribution is 2.23. The topological polar surface area (TPSA) is 62.5 Å². The molecule has 4 nitrogen and oxygen atoms in total. The van der Waals surface area contributed by atoms with Crippen molar-refractivity contribution in [2.75, 3.05) is 6.54 Å². The molecule has 0 aliphatic rings. The monoisotopic (exact) mass is 323 g/mol. The number of furan rings is 1. The number of aryl methyl sites for hydroxylation is 2. The van der Waals surface area contributed by atoms with Crippen molar-refractivity contribution in [2.45, 2.75) is 32.3 Å². The van der Waals surface area contributed by atoms with Gasteiger partial charge in [0.2, 0.25) is 5.91 Å². The van der Waals surface area contributed by atoms with E-state index in [1.54, 1.807) is 6.07 Å². The van der Waals surface area contributed by atoms with Gasteiger partial charge in [-0.15, -0.1) is 0 Å². The van der Waals surface area contributed by atoms with E-state index in [4.69, 9.17) is 4.42 Å². The Hall–Kier alpha value is -2.21. The van der Waals surface area contributed by atoms with Gasteiger partial charge in [0.15, 0.2) is 0 Å². The molecule has 1 aromatic carbocycles. The van der Waals surface area contributed by atoms with Crippen LogP contribution in [-0.4, -0.2) is 17.6 Å². The summed E-state index contributed by atoms with van der Waals surface area (Å²) in [6.45, 7) is 3.00. The average Bonchev–Trinajstić information content (AvgIpc) is 2.88. The van der Waals surface area contributed by atoms with Crippen molar-refractivity contribution in [3.05, 3.63) is 59.1 Å². The third-order valence-corrected chi connectivity index (χ3v) is 3.54. The van der Waals surface area contributed by atoms with Gasteiger partial charge in [-0.3, -0.25) is 4.79 Å². The summed E-state index contributed by atoms with van der Waals surface area (Å²) in [6, 6.07) is 6.54. The Morgan fingerprint density at radius 2 is 2.04 bits per heavy atom. The van der Waals surface area contributed by atoms with Crippen molar-refractivity contribution in [3.63, 3.8) is 0 Å². The number of carbonyl (C=O) groups excluding carboxylic acids is 1. The van der Waals surface area contributed by atoms with Crippen molar-refractivity contribution < 1.29 is 23.1 Å². The van der Waals surface area contributed by atoms with E-state index in [2.05, 4.69) is 5.32 Å². The minimum Gasteiger partial charge on any atom is -0.466 e. The largest absolute Gasteiger partial charge is 0.466 e. The zero-order chi connectivity index (χ0) is 17.0. The number of benzene rings is 1. The van der Waals surface area contributed by atoms with Gasteiger partial charge in [-0.25, -0.2) is 8.78 Å². The van der Waals surface area contributed by atoms with Crippen LogP contribution in [0.15, 0.2) is 34.7 Å². The molecule has 0 spiro atoms. The van der Waals surface area contributed by atoms with E-state index in [-0.39, 0.29) is 24.4 Å².